The molecule has 0 aliphatic heterocycles. The molecule has 3 atom stereocenters. The summed E-state index contributed by atoms with van der Waals surface area (Å²) < 4.78 is 0. The van der Waals surface area contributed by atoms with Crippen LogP contribution in [0.3, 0.4) is 0 Å². The van der Waals surface area contributed by atoms with Gasteiger partial charge >= 0.3 is 5.97 Å². The minimum Gasteiger partial charge on any atom is -0.481 e. The van der Waals surface area contributed by atoms with Crippen molar-refractivity contribution in [2.24, 2.45) is 11.8 Å². The van der Waals surface area contributed by atoms with Gasteiger partial charge in [0, 0.05) is 6.42 Å². The lowest BCUT2D eigenvalue weighted by Gasteiger charge is -2.19. The van der Waals surface area contributed by atoms with Gasteiger partial charge in [0.1, 0.15) is 6.29 Å². The van der Waals surface area contributed by atoms with Crippen molar-refractivity contribution in [1.29, 1.82) is 0 Å². The molecule has 1 rings (SSSR count). The third-order valence-corrected chi connectivity index (χ3v) is 3.00. The summed E-state index contributed by atoms with van der Waals surface area (Å²) in [5.74, 6) is -0.828. The molecule has 80 valence electrons. The molecule has 0 saturated heterocycles. The Morgan fingerprint density at radius 3 is 2.71 bits per heavy atom. The Morgan fingerprint density at radius 1 is 1.43 bits per heavy atom. The van der Waals surface area contributed by atoms with Crippen LogP contribution in [0.5, 0.6) is 0 Å². The molecule has 1 saturated carbocycles. The number of aldehydes is 1. The molecular formula is C10H16O4. The fourth-order valence-electron chi connectivity index (χ4n) is 2.27. The molecule has 0 spiro atoms. The zero-order chi connectivity index (χ0) is 10.6. The number of aliphatic carboxylic acids is 1. The number of hydrogen-bond donors (Lipinski definition) is 2. The molecule has 1 fully saturated rings. The van der Waals surface area contributed by atoms with Gasteiger partial charge in [-0.15, -0.1) is 0 Å². The second kappa shape index (κ2) is 5.10. The van der Waals surface area contributed by atoms with Crippen molar-refractivity contribution in [3.05, 3.63) is 0 Å². The number of aliphatic hydroxyl groups is 1. The first-order chi connectivity index (χ1) is 6.65. The number of carbonyl (C=O) groups is 2. The van der Waals surface area contributed by atoms with Gasteiger partial charge in [0.2, 0.25) is 0 Å². The van der Waals surface area contributed by atoms with Gasteiger partial charge in [-0.2, -0.15) is 0 Å². The van der Waals surface area contributed by atoms with Crippen molar-refractivity contribution >= 4 is 12.3 Å². The molecule has 0 radical (unpaired) electrons. The SMILES string of the molecule is O=CCC[C@@H]1CC[C@@H](O)[C@H]1CC(=O)O. The lowest BCUT2D eigenvalue weighted by atomic mass is 9.88. The van der Waals surface area contributed by atoms with Crippen LogP contribution in [0, 0.1) is 11.8 Å². The van der Waals surface area contributed by atoms with Crippen molar-refractivity contribution in [2.45, 2.75) is 38.2 Å². The predicted molar refractivity (Wildman–Crippen MR) is 49.8 cm³/mol. The highest BCUT2D eigenvalue weighted by Gasteiger charge is 2.35. The predicted octanol–water partition coefficient (Wildman–Crippen LogP) is 0.827. The average Bonchev–Trinajstić information content (AvgIpc) is 2.45. The van der Waals surface area contributed by atoms with E-state index in [2.05, 4.69) is 0 Å². The Kier molecular flexibility index (Phi) is 4.07. The normalized spacial score (nSPS) is 31.6. The van der Waals surface area contributed by atoms with Crippen LogP contribution >= 0.6 is 0 Å². The first kappa shape index (κ1) is 11.2. The van der Waals surface area contributed by atoms with Crippen molar-refractivity contribution in [2.75, 3.05) is 0 Å². The van der Waals surface area contributed by atoms with E-state index in [4.69, 9.17) is 5.11 Å². The Bertz CT molecular complexity index is 214. The summed E-state index contributed by atoms with van der Waals surface area (Å²) in [6.07, 6.45) is 3.05. The summed E-state index contributed by atoms with van der Waals surface area (Å²) in [4.78, 5) is 20.7. The van der Waals surface area contributed by atoms with E-state index in [0.717, 1.165) is 12.7 Å². The van der Waals surface area contributed by atoms with Gasteiger partial charge in [0.15, 0.2) is 0 Å². The molecule has 4 nitrogen and oxygen atoms in total. The number of rotatable bonds is 5. The van der Waals surface area contributed by atoms with Crippen LogP contribution < -0.4 is 0 Å². The van der Waals surface area contributed by atoms with Gasteiger partial charge in [-0.1, -0.05) is 0 Å². The highest BCUT2D eigenvalue weighted by atomic mass is 16.4. The van der Waals surface area contributed by atoms with E-state index in [1.807, 2.05) is 0 Å². The molecule has 0 aromatic rings. The number of carboxylic acid groups (broad SMARTS) is 1. The van der Waals surface area contributed by atoms with Crippen molar-refractivity contribution in [3.8, 4) is 0 Å². The van der Waals surface area contributed by atoms with E-state index in [1.54, 1.807) is 0 Å². The summed E-state index contributed by atoms with van der Waals surface area (Å²) in [7, 11) is 0. The van der Waals surface area contributed by atoms with Gasteiger partial charge in [-0.25, -0.2) is 0 Å². The zero-order valence-corrected chi connectivity index (χ0v) is 8.06. The first-order valence-electron chi connectivity index (χ1n) is 4.98. The molecule has 0 bridgehead atoms. The summed E-state index contributed by atoms with van der Waals surface area (Å²) in [6.45, 7) is 0. The van der Waals surface area contributed by atoms with Crippen LogP contribution in [0.15, 0.2) is 0 Å². The molecule has 14 heavy (non-hydrogen) atoms. The largest absolute Gasteiger partial charge is 0.481 e. The molecule has 2 N–H and O–H groups in total. The van der Waals surface area contributed by atoms with Crippen LogP contribution in [0.4, 0.5) is 0 Å². The van der Waals surface area contributed by atoms with Crippen molar-refractivity contribution in [3.63, 3.8) is 0 Å². The van der Waals surface area contributed by atoms with Crippen LogP contribution in [0.2, 0.25) is 0 Å². The van der Waals surface area contributed by atoms with E-state index in [9.17, 15) is 14.7 Å². The summed E-state index contributed by atoms with van der Waals surface area (Å²) in [5.41, 5.74) is 0. The van der Waals surface area contributed by atoms with E-state index in [-0.39, 0.29) is 18.3 Å². The van der Waals surface area contributed by atoms with E-state index in [0.29, 0.717) is 19.3 Å². The van der Waals surface area contributed by atoms with Gasteiger partial charge < -0.3 is 15.0 Å². The highest BCUT2D eigenvalue weighted by molar-refractivity contribution is 5.67. The molecule has 0 amide bonds. The van der Waals surface area contributed by atoms with E-state index < -0.39 is 12.1 Å². The number of hydrogen-bond acceptors (Lipinski definition) is 3. The molecule has 0 unspecified atom stereocenters. The van der Waals surface area contributed by atoms with Gasteiger partial charge in [0.25, 0.3) is 0 Å². The molecule has 1 aliphatic carbocycles. The standard InChI is InChI=1S/C10H16O4/c11-5-1-2-7-3-4-9(12)8(7)6-10(13)14/h5,7-9,12H,1-4,6H2,(H,13,14)/t7-,8+,9-/m1/s1. The fraction of sp³-hybridized carbons (Fsp3) is 0.800. The number of carbonyl (C=O) groups excluding carboxylic acids is 1. The minimum absolute atomic E-state index is 0.0185. The van der Waals surface area contributed by atoms with Gasteiger partial charge in [-0.05, 0) is 31.1 Å². The summed E-state index contributed by atoms with van der Waals surface area (Å²) in [5, 5.41) is 18.2. The third-order valence-electron chi connectivity index (χ3n) is 3.00. The lowest BCUT2D eigenvalue weighted by molar-refractivity contribution is -0.139. The molecule has 1 aliphatic rings. The number of carboxylic acids is 1. The summed E-state index contributed by atoms with van der Waals surface area (Å²) in [6, 6.07) is 0. The summed E-state index contributed by atoms with van der Waals surface area (Å²) >= 11 is 0. The molecule has 0 aromatic carbocycles. The number of aliphatic hydroxyl groups excluding tert-OH is 1. The van der Waals surface area contributed by atoms with E-state index >= 15 is 0 Å². The van der Waals surface area contributed by atoms with Crippen LogP contribution in [-0.2, 0) is 9.59 Å². The minimum atomic E-state index is -0.868. The Balaban J connectivity index is 2.47. The van der Waals surface area contributed by atoms with Crippen molar-refractivity contribution < 1.29 is 19.8 Å². The smallest absolute Gasteiger partial charge is 0.303 e. The Morgan fingerprint density at radius 2 is 2.14 bits per heavy atom. The second-order valence-corrected chi connectivity index (χ2v) is 3.91. The third kappa shape index (κ3) is 2.80. The molecule has 4 heteroatoms. The maximum atomic E-state index is 10.5. The maximum Gasteiger partial charge on any atom is 0.303 e. The van der Waals surface area contributed by atoms with Gasteiger partial charge in [-0.3, -0.25) is 4.79 Å². The highest BCUT2D eigenvalue weighted by Crippen LogP contribution is 2.37. The average molecular weight is 200 g/mol. The monoisotopic (exact) mass is 200 g/mol. The maximum absolute atomic E-state index is 10.5. The molecule has 0 heterocycles. The van der Waals surface area contributed by atoms with E-state index in [1.165, 1.54) is 0 Å². The zero-order valence-electron chi connectivity index (χ0n) is 8.06. The van der Waals surface area contributed by atoms with Gasteiger partial charge in [0.05, 0.1) is 12.5 Å². The van der Waals surface area contributed by atoms with Crippen molar-refractivity contribution in [1.82, 2.24) is 0 Å². The first-order valence-corrected chi connectivity index (χ1v) is 4.98. The second-order valence-electron chi connectivity index (χ2n) is 3.91. The quantitative estimate of drug-likeness (QED) is 0.644. The Hall–Kier alpha value is -0.900. The fourth-order valence-corrected chi connectivity index (χ4v) is 2.27. The van der Waals surface area contributed by atoms with Crippen LogP contribution in [0.25, 0.3) is 0 Å². The van der Waals surface area contributed by atoms with Crippen LogP contribution in [-0.4, -0.2) is 28.6 Å². The topological polar surface area (TPSA) is 74.6 Å². The Labute approximate surface area is 82.9 Å². The molecular weight excluding hydrogens is 184 g/mol. The van der Waals surface area contributed by atoms with Crippen LogP contribution in [0.1, 0.15) is 32.1 Å². The lowest BCUT2D eigenvalue weighted by Crippen LogP contribution is -2.22. The molecule has 0 aromatic heterocycles.